The van der Waals surface area contributed by atoms with Gasteiger partial charge in [-0.25, -0.2) is 0 Å². The molecule has 0 bridgehead atoms. The molecule has 0 rings (SSSR count). The summed E-state index contributed by atoms with van der Waals surface area (Å²) in [6, 6.07) is 0. The van der Waals surface area contributed by atoms with Crippen molar-refractivity contribution in [3.63, 3.8) is 0 Å². The fourth-order valence-corrected chi connectivity index (χ4v) is 0.541. The van der Waals surface area contributed by atoms with E-state index in [4.69, 9.17) is 28.8 Å². The Morgan fingerprint density at radius 1 is 1.27 bits per heavy atom. The van der Waals surface area contributed by atoms with Gasteiger partial charge in [0.2, 0.25) is 5.96 Å². The average molecular weight is 178 g/mol. The summed E-state index contributed by atoms with van der Waals surface area (Å²) < 4.78 is 0. The Morgan fingerprint density at radius 2 is 1.91 bits per heavy atom. The molecule has 64 valence electrons. The number of aliphatic imine (C=N–C) groups is 2. The molecule has 0 aromatic heterocycles. The molecule has 0 atom stereocenters. The molecule has 5 nitrogen and oxygen atoms in total. The second-order valence-corrected chi connectivity index (χ2v) is 2.20. The van der Waals surface area contributed by atoms with E-state index in [1.165, 1.54) is 0 Å². The highest BCUT2D eigenvalue weighted by Crippen LogP contribution is 1.85. The summed E-state index contributed by atoms with van der Waals surface area (Å²) in [5.41, 5.74) is 15.4. The molecular formula is C5H12ClN5. The molecule has 0 heterocycles. The second-order valence-electron chi connectivity index (χ2n) is 1.82. The minimum atomic E-state index is -0.0860. The van der Waals surface area contributed by atoms with Gasteiger partial charge in [-0.05, 0) is 6.42 Å². The van der Waals surface area contributed by atoms with Crippen LogP contribution in [0.3, 0.4) is 0 Å². The SMILES string of the molecule is NC(N)=NC(N)=NCCCCl. The molecule has 0 spiro atoms. The number of nitrogens with zero attached hydrogens (tertiary/aromatic N) is 2. The standard InChI is InChI=1S/C5H12ClN5/c6-2-1-3-10-5(9)11-4(7)8/h1-3H2,(H6,7,8,9,10,11). The van der Waals surface area contributed by atoms with Crippen molar-refractivity contribution < 1.29 is 0 Å². The Bertz CT molecular complexity index is 160. The van der Waals surface area contributed by atoms with Crippen molar-refractivity contribution in [1.82, 2.24) is 0 Å². The lowest BCUT2D eigenvalue weighted by Gasteiger charge is -1.93. The largest absolute Gasteiger partial charge is 0.370 e. The zero-order chi connectivity index (χ0) is 8.69. The quantitative estimate of drug-likeness (QED) is 0.228. The molecule has 0 aromatic carbocycles. The molecule has 0 aliphatic rings. The van der Waals surface area contributed by atoms with E-state index in [-0.39, 0.29) is 11.9 Å². The van der Waals surface area contributed by atoms with Gasteiger partial charge in [0.15, 0.2) is 5.96 Å². The average Bonchev–Trinajstić information content (AvgIpc) is 1.86. The van der Waals surface area contributed by atoms with Gasteiger partial charge in [0.25, 0.3) is 0 Å². The molecule has 0 amide bonds. The van der Waals surface area contributed by atoms with E-state index in [1.54, 1.807) is 0 Å². The number of guanidine groups is 2. The van der Waals surface area contributed by atoms with E-state index in [9.17, 15) is 0 Å². The van der Waals surface area contributed by atoms with E-state index in [0.29, 0.717) is 12.4 Å². The molecular weight excluding hydrogens is 166 g/mol. The molecule has 6 heteroatoms. The van der Waals surface area contributed by atoms with E-state index >= 15 is 0 Å². The summed E-state index contributed by atoms with van der Waals surface area (Å²) in [7, 11) is 0. The van der Waals surface area contributed by atoms with Gasteiger partial charge in [0.05, 0.1) is 0 Å². The van der Waals surface area contributed by atoms with Crippen LogP contribution in [0.4, 0.5) is 0 Å². The topological polar surface area (TPSA) is 103 Å². The van der Waals surface area contributed by atoms with Gasteiger partial charge in [-0.3, -0.25) is 4.99 Å². The van der Waals surface area contributed by atoms with Crippen LogP contribution < -0.4 is 17.2 Å². The van der Waals surface area contributed by atoms with Crippen LogP contribution in [-0.2, 0) is 0 Å². The van der Waals surface area contributed by atoms with Gasteiger partial charge in [0.1, 0.15) is 0 Å². The fraction of sp³-hybridized carbons (Fsp3) is 0.600. The lowest BCUT2D eigenvalue weighted by molar-refractivity contribution is 0.934. The van der Waals surface area contributed by atoms with Crippen LogP contribution in [0, 0.1) is 0 Å². The Kier molecular flexibility index (Phi) is 5.28. The third-order valence-corrected chi connectivity index (χ3v) is 1.08. The van der Waals surface area contributed by atoms with Crippen LogP contribution in [0.15, 0.2) is 9.98 Å². The van der Waals surface area contributed by atoms with Crippen LogP contribution >= 0.6 is 11.6 Å². The first-order valence-corrected chi connectivity index (χ1v) is 3.65. The van der Waals surface area contributed by atoms with Crippen molar-refractivity contribution in [2.45, 2.75) is 6.42 Å². The van der Waals surface area contributed by atoms with Gasteiger partial charge in [0, 0.05) is 12.4 Å². The maximum atomic E-state index is 5.40. The molecule has 0 radical (unpaired) electrons. The molecule has 0 fully saturated rings. The fourth-order valence-electron chi connectivity index (χ4n) is 0.421. The number of halogens is 1. The van der Waals surface area contributed by atoms with Crippen molar-refractivity contribution in [1.29, 1.82) is 0 Å². The molecule has 0 aliphatic carbocycles. The van der Waals surface area contributed by atoms with Crippen molar-refractivity contribution in [2.24, 2.45) is 27.2 Å². The highest BCUT2D eigenvalue weighted by atomic mass is 35.5. The summed E-state index contributed by atoms with van der Waals surface area (Å²) in [6.45, 7) is 0.548. The third kappa shape index (κ3) is 6.92. The Hall–Kier alpha value is -0.970. The van der Waals surface area contributed by atoms with Crippen molar-refractivity contribution >= 4 is 23.5 Å². The maximum Gasteiger partial charge on any atom is 0.218 e. The first-order chi connectivity index (χ1) is 5.16. The van der Waals surface area contributed by atoms with Crippen LogP contribution in [-0.4, -0.2) is 24.3 Å². The predicted molar refractivity (Wildman–Crippen MR) is 47.6 cm³/mol. The normalized spacial score (nSPS) is 11.2. The summed E-state index contributed by atoms with van der Waals surface area (Å²) in [5, 5.41) is 0. The molecule has 0 unspecified atom stereocenters. The molecule has 0 saturated heterocycles. The zero-order valence-electron chi connectivity index (χ0n) is 6.13. The van der Waals surface area contributed by atoms with Gasteiger partial charge in [-0.2, -0.15) is 4.99 Å². The first kappa shape index (κ1) is 10.0. The van der Waals surface area contributed by atoms with E-state index < -0.39 is 0 Å². The number of hydrogen-bond acceptors (Lipinski definition) is 1. The minimum Gasteiger partial charge on any atom is -0.370 e. The van der Waals surface area contributed by atoms with E-state index in [2.05, 4.69) is 9.98 Å². The molecule has 0 aromatic rings. The Labute approximate surface area is 70.3 Å². The molecule has 0 aliphatic heterocycles. The van der Waals surface area contributed by atoms with Crippen LogP contribution in [0.25, 0.3) is 0 Å². The van der Waals surface area contributed by atoms with Crippen LogP contribution in [0.2, 0.25) is 0 Å². The van der Waals surface area contributed by atoms with Crippen LogP contribution in [0.1, 0.15) is 6.42 Å². The van der Waals surface area contributed by atoms with Gasteiger partial charge in [-0.1, -0.05) is 0 Å². The number of hydrogen-bond donors (Lipinski definition) is 3. The number of rotatable bonds is 3. The second kappa shape index (κ2) is 5.79. The van der Waals surface area contributed by atoms with Gasteiger partial charge in [-0.15, -0.1) is 11.6 Å². The van der Waals surface area contributed by atoms with Crippen LogP contribution in [0.5, 0.6) is 0 Å². The molecule has 6 N–H and O–H groups in total. The number of nitrogens with two attached hydrogens (primary N) is 3. The van der Waals surface area contributed by atoms with Crippen molar-refractivity contribution in [3.8, 4) is 0 Å². The Balaban J connectivity index is 3.72. The minimum absolute atomic E-state index is 0.0860. The summed E-state index contributed by atoms with van der Waals surface area (Å²) in [6.07, 6.45) is 0.766. The summed E-state index contributed by atoms with van der Waals surface area (Å²) in [4.78, 5) is 7.32. The third-order valence-electron chi connectivity index (χ3n) is 0.809. The monoisotopic (exact) mass is 177 g/mol. The zero-order valence-corrected chi connectivity index (χ0v) is 6.88. The van der Waals surface area contributed by atoms with Gasteiger partial charge < -0.3 is 17.2 Å². The number of alkyl halides is 1. The van der Waals surface area contributed by atoms with E-state index in [1.807, 2.05) is 0 Å². The van der Waals surface area contributed by atoms with Crippen molar-refractivity contribution in [2.75, 3.05) is 12.4 Å². The summed E-state index contributed by atoms with van der Waals surface area (Å²) >= 11 is 5.40. The van der Waals surface area contributed by atoms with Crippen molar-refractivity contribution in [3.05, 3.63) is 0 Å². The van der Waals surface area contributed by atoms with Gasteiger partial charge >= 0.3 is 0 Å². The summed E-state index contributed by atoms with van der Waals surface area (Å²) in [5.74, 6) is 0.561. The highest BCUT2D eigenvalue weighted by Gasteiger charge is 1.87. The van der Waals surface area contributed by atoms with E-state index in [0.717, 1.165) is 6.42 Å². The molecule has 0 saturated carbocycles. The lowest BCUT2D eigenvalue weighted by atomic mass is 10.5. The molecule has 11 heavy (non-hydrogen) atoms. The predicted octanol–water partition coefficient (Wildman–Crippen LogP) is -0.797. The highest BCUT2D eigenvalue weighted by molar-refractivity contribution is 6.17. The maximum absolute atomic E-state index is 5.40. The smallest absolute Gasteiger partial charge is 0.218 e. The first-order valence-electron chi connectivity index (χ1n) is 3.12. The Morgan fingerprint density at radius 3 is 2.36 bits per heavy atom. The lowest BCUT2D eigenvalue weighted by Crippen LogP contribution is -2.26.